The van der Waals surface area contributed by atoms with Crippen LogP contribution in [-0.4, -0.2) is 26.1 Å². The van der Waals surface area contributed by atoms with E-state index >= 15 is 0 Å². The quantitative estimate of drug-likeness (QED) is 0.282. The van der Waals surface area contributed by atoms with Crippen molar-refractivity contribution in [3.63, 3.8) is 0 Å². The van der Waals surface area contributed by atoms with E-state index in [4.69, 9.17) is 4.18 Å². The summed E-state index contributed by atoms with van der Waals surface area (Å²) < 4.78 is 32.2. The average Bonchev–Trinajstić information content (AvgIpc) is 3.17. The molecule has 4 aliphatic carbocycles. The highest BCUT2D eigenvalue weighted by Gasteiger charge is 2.66. The highest BCUT2D eigenvalue weighted by Crippen LogP contribution is 2.70. The number of benzene rings is 1. The van der Waals surface area contributed by atoms with Gasteiger partial charge in [-0.15, -0.1) is 0 Å². The second-order valence-corrected chi connectivity index (χ2v) is 17.1. The van der Waals surface area contributed by atoms with Gasteiger partial charge in [-0.25, -0.2) is 0 Å². The van der Waals surface area contributed by atoms with E-state index in [9.17, 15) is 18.0 Å². The zero-order chi connectivity index (χ0) is 30.8. The second kappa shape index (κ2) is 11.0. The maximum Gasteiger partial charge on any atom is 0.297 e. The van der Waals surface area contributed by atoms with Crippen molar-refractivity contribution < 1.29 is 22.2 Å². The lowest BCUT2D eigenvalue weighted by molar-refractivity contribution is -0.134. The van der Waals surface area contributed by atoms with E-state index in [-0.39, 0.29) is 39.1 Å². The van der Waals surface area contributed by atoms with E-state index < -0.39 is 21.6 Å². The zero-order valence-corrected chi connectivity index (χ0v) is 27.9. The van der Waals surface area contributed by atoms with Gasteiger partial charge in [0.15, 0.2) is 11.6 Å². The highest BCUT2D eigenvalue weighted by molar-refractivity contribution is 7.86. The number of fused-ring (bicyclic) bond motifs is 4. The highest BCUT2D eigenvalue weighted by atomic mass is 32.2. The van der Waals surface area contributed by atoms with Gasteiger partial charge in [-0.3, -0.25) is 13.8 Å². The fraction of sp³-hybridized carbons (Fsp3) is 0.722. The fourth-order valence-electron chi connectivity index (χ4n) is 9.86. The third-order valence-electron chi connectivity index (χ3n) is 12.6. The van der Waals surface area contributed by atoms with Gasteiger partial charge in [-0.1, -0.05) is 85.4 Å². The van der Waals surface area contributed by atoms with Gasteiger partial charge in [0, 0.05) is 34.8 Å². The molecule has 5 nitrogen and oxygen atoms in total. The van der Waals surface area contributed by atoms with Crippen molar-refractivity contribution in [1.29, 1.82) is 0 Å². The molecule has 6 heteroatoms. The molecular formula is C36H52O5S. The smallest absolute Gasteiger partial charge is 0.295 e. The standard InChI is InChI=1S/C36H52O5S/c1-22(2)10-9-11-24(4)27-16-19-35(7)33-29(37)20-28-25(5)31(41-42(39,40)26-14-12-23(3)13-15-26)17-18-34(28,6)32(33)30(38)21-36(27,35)8/h12-15,22,24-25,27-28,31H,9-11,16-21H2,1-8H3/t24-,25+,27-,28+,31+,34+,35+,36-/m1/s1. The predicted octanol–water partition coefficient (Wildman–Crippen LogP) is 8.25. The van der Waals surface area contributed by atoms with Gasteiger partial charge in [-0.05, 0) is 79.7 Å². The summed E-state index contributed by atoms with van der Waals surface area (Å²) in [6, 6.07) is 6.72. The van der Waals surface area contributed by atoms with Gasteiger partial charge in [0.1, 0.15) is 0 Å². The Balaban J connectivity index is 1.43. The molecule has 0 saturated heterocycles. The number of rotatable bonds is 8. The van der Waals surface area contributed by atoms with Gasteiger partial charge in [0.2, 0.25) is 0 Å². The van der Waals surface area contributed by atoms with Crippen LogP contribution in [0, 0.1) is 52.8 Å². The molecule has 4 aliphatic rings. The SMILES string of the molecule is Cc1ccc(S(=O)(=O)O[C@H]2CC[C@]3(C)C4=C(C(=O)C[C@H]3[C@@H]2C)[C@]2(C)CC[C@H]([C@H](C)CCCC(C)C)[C@@]2(C)CC4=O)cc1. The molecule has 8 atom stereocenters. The Morgan fingerprint density at radius 1 is 0.929 bits per heavy atom. The maximum atomic E-state index is 14.3. The van der Waals surface area contributed by atoms with Crippen molar-refractivity contribution in [2.75, 3.05) is 0 Å². The van der Waals surface area contributed by atoms with Crippen molar-refractivity contribution in [2.24, 2.45) is 45.8 Å². The Bertz CT molecular complexity index is 1370. The molecule has 5 rings (SSSR count). The molecule has 0 bridgehead atoms. The molecule has 1 aromatic carbocycles. The molecule has 232 valence electrons. The Hall–Kier alpha value is -1.79. The van der Waals surface area contributed by atoms with Gasteiger partial charge in [0.25, 0.3) is 10.1 Å². The van der Waals surface area contributed by atoms with E-state index in [2.05, 4.69) is 41.5 Å². The minimum Gasteiger partial charge on any atom is -0.295 e. The van der Waals surface area contributed by atoms with E-state index in [0.29, 0.717) is 43.4 Å². The zero-order valence-electron chi connectivity index (χ0n) is 27.1. The summed E-state index contributed by atoms with van der Waals surface area (Å²) in [4.78, 5) is 28.6. The topological polar surface area (TPSA) is 77.5 Å². The predicted molar refractivity (Wildman–Crippen MR) is 166 cm³/mol. The van der Waals surface area contributed by atoms with Crippen LogP contribution >= 0.6 is 0 Å². The van der Waals surface area contributed by atoms with Crippen LogP contribution in [0.3, 0.4) is 0 Å². The van der Waals surface area contributed by atoms with Gasteiger partial charge in [0.05, 0.1) is 11.0 Å². The monoisotopic (exact) mass is 596 g/mol. The fourth-order valence-corrected chi connectivity index (χ4v) is 11.0. The summed E-state index contributed by atoms with van der Waals surface area (Å²) in [5, 5.41) is 0. The van der Waals surface area contributed by atoms with Crippen LogP contribution < -0.4 is 0 Å². The number of carbonyl (C=O) groups excluding carboxylic acids is 2. The molecule has 0 heterocycles. The summed E-state index contributed by atoms with van der Waals surface area (Å²) in [6.45, 7) is 17.6. The molecule has 0 radical (unpaired) electrons. The average molecular weight is 597 g/mol. The van der Waals surface area contributed by atoms with Crippen LogP contribution in [0.4, 0.5) is 0 Å². The second-order valence-electron chi connectivity index (χ2n) is 15.5. The molecular weight excluding hydrogens is 544 g/mol. The molecule has 0 aromatic heterocycles. The van der Waals surface area contributed by atoms with Crippen LogP contribution in [-0.2, 0) is 23.9 Å². The van der Waals surface area contributed by atoms with Crippen molar-refractivity contribution in [1.82, 2.24) is 0 Å². The molecule has 0 amide bonds. The normalized spacial score (nSPS) is 37.5. The summed E-state index contributed by atoms with van der Waals surface area (Å²) in [5.41, 5.74) is 1.63. The first kappa shape index (κ1) is 31.6. The number of hydrogen-bond acceptors (Lipinski definition) is 5. The summed E-state index contributed by atoms with van der Waals surface area (Å²) in [6.07, 6.45) is 7.17. The van der Waals surface area contributed by atoms with E-state index in [1.54, 1.807) is 24.3 Å². The Kier molecular flexibility index (Phi) is 8.27. The third-order valence-corrected chi connectivity index (χ3v) is 13.9. The number of Topliss-reactive ketones (excluding diaryl/α,β-unsaturated/α-hetero) is 2. The lowest BCUT2D eigenvalue weighted by Crippen LogP contribution is -2.56. The minimum atomic E-state index is -3.93. The van der Waals surface area contributed by atoms with Gasteiger partial charge in [-0.2, -0.15) is 8.42 Å². The largest absolute Gasteiger partial charge is 0.297 e. The molecule has 0 N–H and O–H groups in total. The molecule has 0 aliphatic heterocycles. The third kappa shape index (κ3) is 4.97. The summed E-state index contributed by atoms with van der Waals surface area (Å²) in [7, 11) is -3.93. The van der Waals surface area contributed by atoms with Gasteiger partial charge >= 0.3 is 0 Å². The Labute approximate surface area is 254 Å². The van der Waals surface area contributed by atoms with E-state index in [0.717, 1.165) is 29.6 Å². The van der Waals surface area contributed by atoms with Crippen molar-refractivity contribution in [3.05, 3.63) is 41.0 Å². The number of aryl methyl sites for hydroxylation is 1. The number of carbonyl (C=O) groups is 2. The lowest BCUT2D eigenvalue weighted by atomic mass is 9.44. The summed E-state index contributed by atoms with van der Waals surface area (Å²) >= 11 is 0. The van der Waals surface area contributed by atoms with Crippen molar-refractivity contribution in [2.45, 2.75) is 124 Å². The first-order valence-corrected chi connectivity index (χ1v) is 17.8. The number of ketones is 2. The Morgan fingerprint density at radius 3 is 2.24 bits per heavy atom. The number of hydrogen-bond donors (Lipinski definition) is 0. The van der Waals surface area contributed by atoms with Crippen LogP contribution in [0.5, 0.6) is 0 Å². The lowest BCUT2D eigenvalue weighted by Gasteiger charge is -2.58. The molecule has 42 heavy (non-hydrogen) atoms. The van der Waals surface area contributed by atoms with Crippen LogP contribution in [0.15, 0.2) is 40.3 Å². The first-order valence-electron chi connectivity index (χ1n) is 16.4. The van der Waals surface area contributed by atoms with Crippen molar-refractivity contribution in [3.8, 4) is 0 Å². The molecule has 2 saturated carbocycles. The van der Waals surface area contributed by atoms with Crippen LogP contribution in [0.1, 0.15) is 112 Å². The minimum absolute atomic E-state index is 0.108. The number of allylic oxidation sites excluding steroid dienone is 2. The summed E-state index contributed by atoms with van der Waals surface area (Å²) in [5.74, 6) is 1.62. The molecule has 0 unspecified atom stereocenters. The van der Waals surface area contributed by atoms with Crippen LogP contribution in [0.2, 0.25) is 0 Å². The van der Waals surface area contributed by atoms with E-state index in [1.807, 2.05) is 13.8 Å². The first-order chi connectivity index (χ1) is 19.5. The Morgan fingerprint density at radius 2 is 1.60 bits per heavy atom. The maximum absolute atomic E-state index is 14.3. The molecule has 1 aromatic rings. The van der Waals surface area contributed by atoms with E-state index in [1.165, 1.54) is 19.3 Å². The molecule has 0 spiro atoms. The van der Waals surface area contributed by atoms with Crippen molar-refractivity contribution >= 4 is 21.7 Å². The van der Waals surface area contributed by atoms with Crippen LogP contribution in [0.25, 0.3) is 0 Å². The molecule has 2 fully saturated rings. The van der Waals surface area contributed by atoms with Gasteiger partial charge < -0.3 is 0 Å².